The Bertz CT molecular complexity index is 1480. The van der Waals surface area contributed by atoms with Crippen LogP contribution in [0.2, 0.25) is 0 Å². The molecule has 3 heterocycles. The lowest BCUT2D eigenvalue weighted by Crippen LogP contribution is -2.29. The van der Waals surface area contributed by atoms with Crippen molar-refractivity contribution in [1.82, 2.24) is 14.9 Å². The van der Waals surface area contributed by atoms with Gasteiger partial charge in [0.1, 0.15) is 0 Å². The van der Waals surface area contributed by atoms with Gasteiger partial charge in [-0.3, -0.25) is 4.98 Å². The molecular formula is C29H28N4O2S. The quantitative estimate of drug-likeness (QED) is 0.331. The van der Waals surface area contributed by atoms with Crippen molar-refractivity contribution in [1.29, 1.82) is 0 Å². The van der Waals surface area contributed by atoms with Gasteiger partial charge in [-0.2, -0.15) is 0 Å². The van der Waals surface area contributed by atoms with Crippen molar-refractivity contribution in [3.63, 3.8) is 0 Å². The van der Waals surface area contributed by atoms with E-state index in [1.807, 2.05) is 48.7 Å². The summed E-state index contributed by atoms with van der Waals surface area (Å²) in [6, 6.07) is 21.2. The number of carboxylic acids is 1. The van der Waals surface area contributed by atoms with Crippen molar-refractivity contribution < 1.29 is 9.90 Å². The number of aryl methyl sites for hydroxylation is 3. The Balaban J connectivity index is 1.71. The predicted octanol–water partition coefficient (Wildman–Crippen LogP) is 5.98. The normalized spacial score (nSPS) is 17.3. The van der Waals surface area contributed by atoms with Crippen molar-refractivity contribution in [2.75, 3.05) is 4.90 Å². The summed E-state index contributed by atoms with van der Waals surface area (Å²) in [5.74, 6) is -0.952. The van der Waals surface area contributed by atoms with E-state index >= 15 is 0 Å². The Morgan fingerprint density at radius 3 is 2.42 bits per heavy atom. The minimum absolute atomic E-state index is 0.175. The van der Waals surface area contributed by atoms with E-state index < -0.39 is 5.97 Å². The maximum absolute atomic E-state index is 12.0. The summed E-state index contributed by atoms with van der Waals surface area (Å²) < 4.78 is 2.02. The molecule has 0 aliphatic carbocycles. The highest BCUT2D eigenvalue weighted by Gasteiger charge is 2.42. The zero-order valence-corrected chi connectivity index (χ0v) is 21.5. The number of hydrogen-bond acceptors (Lipinski definition) is 3. The summed E-state index contributed by atoms with van der Waals surface area (Å²) in [5, 5.41) is 14.0. The predicted molar refractivity (Wildman–Crippen MR) is 146 cm³/mol. The second-order valence-electron chi connectivity index (χ2n) is 9.25. The molecule has 6 nitrogen and oxygen atoms in total. The van der Waals surface area contributed by atoms with Crippen LogP contribution in [0.5, 0.6) is 0 Å². The molecule has 0 spiro atoms. The first-order chi connectivity index (χ1) is 17.3. The van der Waals surface area contributed by atoms with Gasteiger partial charge in [0.2, 0.25) is 0 Å². The number of nitrogens with zero attached hydrogens (tertiary/aromatic N) is 3. The molecule has 0 bridgehead atoms. The molecular weight excluding hydrogens is 468 g/mol. The highest BCUT2D eigenvalue weighted by molar-refractivity contribution is 7.80. The lowest BCUT2D eigenvalue weighted by atomic mass is 9.96. The van der Waals surface area contributed by atoms with Gasteiger partial charge in [0.25, 0.3) is 0 Å². The third-order valence-electron chi connectivity index (χ3n) is 7.03. The summed E-state index contributed by atoms with van der Waals surface area (Å²) in [6.45, 7) is 8.25. The molecule has 0 unspecified atom stereocenters. The van der Waals surface area contributed by atoms with E-state index in [-0.39, 0.29) is 17.6 Å². The highest BCUT2D eigenvalue weighted by atomic mass is 32.1. The average Bonchev–Trinajstić information content (AvgIpc) is 3.36. The number of benzene rings is 2. The summed E-state index contributed by atoms with van der Waals surface area (Å²) in [7, 11) is 0. The standard InChI is InChI=1S/C29H28N4O2S/c1-17-12-13-21(15-18(17)2)33-27(26(31-29(33)36)24-10-7-8-14-30-24)23-16-19(3)32(20(23)4)25-11-6-5-9-22(25)28(34)35/h5-16,26-27H,1-4H3,(H,31,36)(H,34,35)/t26-,27+/m0/s1. The molecule has 2 atom stereocenters. The van der Waals surface area contributed by atoms with Crippen LogP contribution >= 0.6 is 12.2 Å². The zero-order chi connectivity index (χ0) is 25.6. The van der Waals surface area contributed by atoms with Crippen LogP contribution in [-0.2, 0) is 0 Å². The van der Waals surface area contributed by atoms with Crippen LogP contribution in [0.25, 0.3) is 5.69 Å². The maximum atomic E-state index is 12.0. The number of rotatable bonds is 5. The van der Waals surface area contributed by atoms with Crippen LogP contribution in [-0.4, -0.2) is 25.7 Å². The molecule has 1 saturated heterocycles. The van der Waals surface area contributed by atoms with Gasteiger partial charge in [-0.15, -0.1) is 0 Å². The Morgan fingerprint density at radius 2 is 1.72 bits per heavy atom. The number of nitrogens with one attached hydrogen (secondary N) is 1. The monoisotopic (exact) mass is 496 g/mol. The lowest BCUT2D eigenvalue weighted by molar-refractivity contribution is 0.0697. The highest BCUT2D eigenvalue weighted by Crippen LogP contribution is 2.44. The number of carbonyl (C=O) groups is 1. The fourth-order valence-corrected chi connectivity index (χ4v) is 5.48. The van der Waals surface area contributed by atoms with E-state index in [9.17, 15) is 9.90 Å². The van der Waals surface area contributed by atoms with Crippen molar-refractivity contribution in [2.45, 2.75) is 39.8 Å². The molecule has 1 aliphatic rings. The average molecular weight is 497 g/mol. The molecule has 182 valence electrons. The molecule has 1 fully saturated rings. The van der Waals surface area contributed by atoms with E-state index in [2.05, 4.69) is 53.3 Å². The molecule has 1 aliphatic heterocycles. The molecule has 2 aromatic carbocycles. The largest absolute Gasteiger partial charge is 0.478 e. The number of para-hydroxylation sites is 1. The molecule has 2 aromatic heterocycles. The van der Waals surface area contributed by atoms with Crippen LogP contribution in [0.1, 0.15) is 56.2 Å². The Labute approximate surface area is 216 Å². The van der Waals surface area contributed by atoms with Crippen LogP contribution in [0.3, 0.4) is 0 Å². The van der Waals surface area contributed by atoms with Gasteiger partial charge in [-0.05, 0) is 99.1 Å². The van der Waals surface area contributed by atoms with Gasteiger partial charge in [-0.25, -0.2) is 4.79 Å². The molecule has 0 saturated carbocycles. The third kappa shape index (κ3) is 3.95. The number of thiocarbonyl (C=S) groups is 1. The summed E-state index contributed by atoms with van der Waals surface area (Å²) >= 11 is 5.89. The number of carboxylic acid groups (broad SMARTS) is 1. The number of anilines is 1. The second kappa shape index (κ2) is 9.24. The van der Waals surface area contributed by atoms with Crippen molar-refractivity contribution in [2.24, 2.45) is 0 Å². The molecule has 4 aromatic rings. The van der Waals surface area contributed by atoms with Crippen molar-refractivity contribution >= 4 is 29.0 Å². The SMILES string of the molecule is Cc1ccc(N2C(=S)N[C@@H](c3ccccn3)[C@H]2c2cc(C)n(-c3ccccc3C(=O)O)c2C)cc1C. The van der Waals surface area contributed by atoms with E-state index in [0.29, 0.717) is 10.8 Å². The minimum atomic E-state index is -0.952. The smallest absolute Gasteiger partial charge is 0.337 e. The van der Waals surface area contributed by atoms with E-state index in [1.165, 1.54) is 11.1 Å². The first-order valence-corrected chi connectivity index (χ1v) is 12.3. The topological polar surface area (TPSA) is 70.4 Å². The van der Waals surface area contributed by atoms with Gasteiger partial charge in [-0.1, -0.05) is 24.3 Å². The van der Waals surface area contributed by atoms with Crippen molar-refractivity contribution in [3.8, 4) is 5.69 Å². The number of pyridine rings is 1. The van der Waals surface area contributed by atoms with Gasteiger partial charge in [0.15, 0.2) is 5.11 Å². The van der Waals surface area contributed by atoms with E-state index in [1.54, 1.807) is 18.3 Å². The molecule has 2 N–H and O–H groups in total. The first-order valence-electron chi connectivity index (χ1n) is 11.9. The Kier molecular flexibility index (Phi) is 6.10. The molecule has 0 amide bonds. The van der Waals surface area contributed by atoms with Crippen LogP contribution in [0.4, 0.5) is 5.69 Å². The van der Waals surface area contributed by atoms with Crippen LogP contribution in [0.15, 0.2) is 72.9 Å². The third-order valence-corrected chi connectivity index (χ3v) is 7.35. The van der Waals surface area contributed by atoms with Gasteiger partial charge in [0, 0.05) is 23.3 Å². The number of aromatic carboxylic acids is 1. The first kappa shape index (κ1) is 23.8. The van der Waals surface area contributed by atoms with Gasteiger partial charge < -0.3 is 19.9 Å². The fourth-order valence-electron chi connectivity index (χ4n) is 5.13. The van der Waals surface area contributed by atoms with Crippen molar-refractivity contribution in [3.05, 3.63) is 112 Å². The van der Waals surface area contributed by atoms with Gasteiger partial charge >= 0.3 is 5.97 Å². The Hall–Kier alpha value is -3.97. The molecule has 0 radical (unpaired) electrons. The summed E-state index contributed by atoms with van der Waals surface area (Å²) in [5.41, 5.74) is 8.20. The van der Waals surface area contributed by atoms with Crippen LogP contribution < -0.4 is 10.2 Å². The second-order valence-corrected chi connectivity index (χ2v) is 9.64. The molecule has 7 heteroatoms. The Morgan fingerprint density at radius 1 is 0.972 bits per heavy atom. The lowest BCUT2D eigenvalue weighted by Gasteiger charge is -2.28. The number of hydrogen-bond donors (Lipinski definition) is 2. The van der Waals surface area contributed by atoms with Gasteiger partial charge in [0.05, 0.1) is 29.0 Å². The number of aromatic nitrogens is 2. The maximum Gasteiger partial charge on any atom is 0.337 e. The zero-order valence-electron chi connectivity index (χ0n) is 20.7. The van der Waals surface area contributed by atoms with E-state index in [4.69, 9.17) is 12.2 Å². The molecule has 36 heavy (non-hydrogen) atoms. The van der Waals surface area contributed by atoms with Crippen LogP contribution in [0, 0.1) is 27.7 Å². The summed E-state index contributed by atoms with van der Waals surface area (Å²) in [4.78, 5) is 18.8. The fraction of sp³-hybridized carbons (Fsp3) is 0.207. The summed E-state index contributed by atoms with van der Waals surface area (Å²) in [6.07, 6.45) is 1.79. The van der Waals surface area contributed by atoms with E-state index in [0.717, 1.165) is 28.3 Å². The minimum Gasteiger partial charge on any atom is -0.478 e. The molecule has 5 rings (SSSR count).